The summed E-state index contributed by atoms with van der Waals surface area (Å²) in [6.07, 6.45) is 2.21. The molecule has 1 aliphatic heterocycles. The number of carboxylic acids is 1. The Bertz CT molecular complexity index is 368. The molecule has 0 radical (unpaired) electrons. The third-order valence-electron chi connectivity index (χ3n) is 2.31. The van der Waals surface area contributed by atoms with Crippen molar-refractivity contribution >= 4 is 11.8 Å². The topological polar surface area (TPSA) is 66.3 Å². The first-order chi connectivity index (χ1) is 7.16. The average Bonchev–Trinajstić information content (AvgIpc) is 2.65. The minimum Gasteiger partial charge on any atom is -0.476 e. The second kappa shape index (κ2) is 3.80. The minimum absolute atomic E-state index is 0.102. The summed E-state index contributed by atoms with van der Waals surface area (Å²) in [6, 6.07) is 0. The van der Waals surface area contributed by atoms with Gasteiger partial charge in [-0.05, 0) is 6.42 Å². The zero-order valence-corrected chi connectivity index (χ0v) is 7.93. The normalized spacial score (nSPS) is 20.6. The molecule has 15 heavy (non-hydrogen) atoms. The van der Waals surface area contributed by atoms with Crippen LogP contribution in [-0.4, -0.2) is 40.3 Å². The van der Waals surface area contributed by atoms with Crippen molar-refractivity contribution in [3.8, 4) is 0 Å². The molecule has 80 valence electrons. The number of aromatic carboxylic acids is 1. The van der Waals surface area contributed by atoms with E-state index in [1.807, 2.05) is 0 Å². The monoisotopic (exact) mass is 211 g/mol. The van der Waals surface area contributed by atoms with Crippen LogP contribution in [-0.2, 0) is 0 Å². The fourth-order valence-electron chi connectivity index (χ4n) is 1.52. The zero-order valence-electron chi connectivity index (χ0n) is 7.93. The molecule has 1 aromatic rings. The Kier molecular flexibility index (Phi) is 2.49. The highest BCUT2D eigenvalue weighted by Crippen LogP contribution is 2.18. The summed E-state index contributed by atoms with van der Waals surface area (Å²) in [4.78, 5) is 19.9. The number of carboxylic acid groups (broad SMARTS) is 1. The third-order valence-corrected chi connectivity index (χ3v) is 2.31. The quantitative estimate of drug-likeness (QED) is 0.780. The zero-order chi connectivity index (χ0) is 10.8. The van der Waals surface area contributed by atoms with E-state index in [9.17, 15) is 9.18 Å². The lowest BCUT2D eigenvalue weighted by Gasteiger charge is -2.15. The van der Waals surface area contributed by atoms with Gasteiger partial charge >= 0.3 is 5.97 Å². The van der Waals surface area contributed by atoms with E-state index in [4.69, 9.17) is 5.11 Å². The number of alkyl halides is 1. The van der Waals surface area contributed by atoms with E-state index in [1.165, 1.54) is 12.4 Å². The molecule has 2 heterocycles. The Morgan fingerprint density at radius 3 is 2.80 bits per heavy atom. The molecule has 0 amide bonds. The molecule has 1 N–H and O–H groups in total. The van der Waals surface area contributed by atoms with Crippen LogP contribution in [0, 0.1) is 0 Å². The smallest absolute Gasteiger partial charge is 0.356 e. The molecule has 1 saturated heterocycles. The molecule has 1 atom stereocenters. The van der Waals surface area contributed by atoms with E-state index in [0.717, 1.165) is 0 Å². The Balaban J connectivity index is 2.13. The van der Waals surface area contributed by atoms with Crippen LogP contribution in [0.3, 0.4) is 0 Å². The number of carbonyl (C=O) groups is 1. The van der Waals surface area contributed by atoms with Gasteiger partial charge in [-0.2, -0.15) is 0 Å². The summed E-state index contributed by atoms with van der Waals surface area (Å²) >= 11 is 0. The predicted octanol–water partition coefficient (Wildman–Crippen LogP) is 0.723. The Labute approximate surface area is 85.6 Å². The summed E-state index contributed by atoms with van der Waals surface area (Å²) in [5.41, 5.74) is -0.102. The molecular formula is C9H10FN3O2. The molecule has 0 aliphatic carbocycles. The van der Waals surface area contributed by atoms with E-state index in [0.29, 0.717) is 25.3 Å². The van der Waals surface area contributed by atoms with E-state index in [1.54, 1.807) is 4.90 Å². The molecule has 0 spiro atoms. The van der Waals surface area contributed by atoms with Crippen LogP contribution in [0.25, 0.3) is 0 Å². The highest BCUT2D eigenvalue weighted by atomic mass is 19.1. The molecule has 1 fully saturated rings. The molecule has 0 saturated carbocycles. The fourth-order valence-corrected chi connectivity index (χ4v) is 1.52. The number of aromatic nitrogens is 2. The van der Waals surface area contributed by atoms with Gasteiger partial charge in [0.05, 0.1) is 18.9 Å². The van der Waals surface area contributed by atoms with Gasteiger partial charge in [-0.1, -0.05) is 0 Å². The van der Waals surface area contributed by atoms with Crippen LogP contribution >= 0.6 is 0 Å². The largest absolute Gasteiger partial charge is 0.476 e. The van der Waals surface area contributed by atoms with Crippen molar-refractivity contribution in [2.75, 3.05) is 18.0 Å². The molecule has 0 bridgehead atoms. The summed E-state index contributed by atoms with van der Waals surface area (Å²) in [5, 5.41) is 8.61. The van der Waals surface area contributed by atoms with Crippen molar-refractivity contribution < 1.29 is 14.3 Å². The van der Waals surface area contributed by atoms with Gasteiger partial charge in [-0.25, -0.2) is 19.2 Å². The maximum Gasteiger partial charge on any atom is 0.356 e. The van der Waals surface area contributed by atoms with Crippen LogP contribution in [0.4, 0.5) is 10.2 Å². The molecule has 0 aromatic carbocycles. The van der Waals surface area contributed by atoms with Gasteiger partial charge in [0.25, 0.3) is 0 Å². The number of hydrogen-bond donors (Lipinski definition) is 1. The van der Waals surface area contributed by atoms with Crippen molar-refractivity contribution in [1.29, 1.82) is 0 Å². The third kappa shape index (κ3) is 2.03. The summed E-state index contributed by atoms with van der Waals surface area (Å²) in [6.45, 7) is 0.906. The van der Waals surface area contributed by atoms with Crippen LogP contribution in [0.2, 0.25) is 0 Å². The Hall–Kier alpha value is -1.72. The van der Waals surface area contributed by atoms with Gasteiger partial charge in [0, 0.05) is 6.54 Å². The van der Waals surface area contributed by atoms with Crippen molar-refractivity contribution in [1.82, 2.24) is 9.97 Å². The number of hydrogen-bond acceptors (Lipinski definition) is 4. The lowest BCUT2D eigenvalue weighted by Crippen LogP contribution is -2.21. The molecule has 5 nitrogen and oxygen atoms in total. The second-order valence-electron chi connectivity index (χ2n) is 3.40. The minimum atomic E-state index is -1.11. The van der Waals surface area contributed by atoms with Crippen LogP contribution < -0.4 is 4.90 Å². The Morgan fingerprint density at radius 1 is 1.53 bits per heavy atom. The highest BCUT2D eigenvalue weighted by Gasteiger charge is 2.23. The molecule has 1 unspecified atom stereocenters. The van der Waals surface area contributed by atoms with E-state index in [2.05, 4.69) is 9.97 Å². The van der Waals surface area contributed by atoms with Crippen molar-refractivity contribution in [2.24, 2.45) is 0 Å². The van der Waals surface area contributed by atoms with E-state index < -0.39 is 12.1 Å². The maximum atomic E-state index is 12.9. The maximum absolute atomic E-state index is 12.9. The van der Waals surface area contributed by atoms with E-state index >= 15 is 0 Å². The van der Waals surface area contributed by atoms with Gasteiger partial charge in [0.2, 0.25) is 0 Å². The summed E-state index contributed by atoms with van der Waals surface area (Å²) in [5.74, 6) is -0.584. The fraction of sp³-hybridized carbons (Fsp3) is 0.444. The average molecular weight is 211 g/mol. The van der Waals surface area contributed by atoms with E-state index in [-0.39, 0.29) is 5.69 Å². The van der Waals surface area contributed by atoms with Gasteiger partial charge in [-0.15, -0.1) is 0 Å². The van der Waals surface area contributed by atoms with Crippen LogP contribution in [0.15, 0.2) is 12.4 Å². The van der Waals surface area contributed by atoms with Crippen molar-refractivity contribution in [3.05, 3.63) is 18.1 Å². The van der Waals surface area contributed by atoms with Gasteiger partial charge in [-0.3, -0.25) is 0 Å². The number of halogens is 1. The van der Waals surface area contributed by atoms with Gasteiger partial charge < -0.3 is 10.0 Å². The summed E-state index contributed by atoms with van der Waals surface area (Å²) < 4.78 is 12.9. The molecule has 6 heteroatoms. The number of nitrogens with zero attached hydrogens (tertiary/aromatic N) is 3. The number of rotatable bonds is 2. The van der Waals surface area contributed by atoms with Gasteiger partial charge in [0.15, 0.2) is 5.69 Å². The first kappa shape index (κ1) is 9.82. The standard InChI is InChI=1S/C9H10FN3O2/c10-6-1-2-13(5-6)8-4-11-7(3-12-8)9(14)15/h3-4,6H,1-2,5H2,(H,14,15). The van der Waals surface area contributed by atoms with Crippen LogP contribution in [0.5, 0.6) is 0 Å². The Morgan fingerprint density at radius 2 is 2.33 bits per heavy atom. The first-order valence-corrected chi connectivity index (χ1v) is 4.61. The predicted molar refractivity (Wildman–Crippen MR) is 50.7 cm³/mol. The SMILES string of the molecule is O=C(O)c1cnc(N2CCC(F)C2)cn1. The first-order valence-electron chi connectivity index (χ1n) is 4.61. The molecule has 1 aromatic heterocycles. The molecule has 2 rings (SSSR count). The highest BCUT2D eigenvalue weighted by molar-refractivity contribution is 5.84. The van der Waals surface area contributed by atoms with Crippen LogP contribution in [0.1, 0.15) is 16.9 Å². The lowest BCUT2D eigenvalue weighted by atomic mass is 10.3. The molecular weight excluding hydrogens is 201 g/mol. The second-order valence-corrected chi connectivity index (χ2v) is 3.40. The summed E-state index contributed by atoms with van der Waals surface area (Å²) in [7, 11) is 0. The van der Waals surface area contributed by atoms with Gasteiger partial charge in [0.1, 0.15) is 12.0 Å². The lowest BCUT2D eigenvalue weighted by molar-refractivity contribution is 0.0690. The molecule has 1 aliphatic rings. The van der Waals surface area contributed by atoms with Crippen molar-refractivity contribution in [3.63, 3.8) is 0 Å². The number of anilines is 1. The van der Waals surface area contributed by atoms with Crippen molar-refractivity contribution in [2.45, 2.75) is 12.6 Å².